The summed E-state index contributed by atoms with van der Waals surface area (Å²) < 4.78 is 23.6. The van der Waals surface area contributed by atoms with E-state index in [4.69, 9.17) is 8.94 Å². The van der Waals surface area contributed by atoms with Gasteiger partial charge in [-0.05, 0) is 32.0 Å². The summed E-state index contributed by atoms with van der Waals surface area (Å²) in [5, 5.41) is 6.69. The van der Waals surface area contributed by atoms with E-state index in [1.165, 1.54) is 18.2 Å². The van der Waals surface area contributed by atoms with E-state index in [-0.39, 0.29) is 5.69 Å². The molecule has 102 valence electrons. The molecule has 3 aromatic rings. The number of aromatic nitrogens is 1. The van der Waals surface area contributed by atoms with Gasteiger partial charge in [-0.2, -0.15) is 0 Å². The van der Waals surface area contributed by atoms with Crippen molar-refractivity contribution in [2.45, 2.75) is 13.8 Å². The van der Waals surface area contributed by atoms with Gasteiger partial charge in [0.2, 0.25) is 0 Å². The highest BCUT2D eigenvalue weighted by atomic mass is 19.1. The Morgan fingerprint density at radius 3 is 2.80 bits per heavy atom. The zero-order chi connectivity index (χ0) is 14.3. The fourth-order valence-corrected chi connectivity index (χ4v) is 2.01. The third-order valence-electron chi connectivity index (χ3n) is 2.94. The number of halogens is 1. The van der Waals surface area contributed by atoms with Crippen molar-refractivity contribution in [3.63, 3.8) is 0 Å². The van der Waals surface area contributed by atoms with Crippen LogP contribution in [0.25, 0.3) is 11.0 Å². The van der Waals surface area contributed by atoms with Crippen LogP contribution in [0.3, 0.4) is 0 Å². The van der Waals surface area contributed by atoms with Gasteiger partial charge in [0.25, 0.3) is 5.91 Å². The Bertz CT molecular complexity index is 804. The van der Waals surface area contributed by atoms with E-state index in [2.05, 4.69) is 10.5 Å². The zero-order valence-electron chi connectivity index (χ0n) is 10.9. The highest BCUT2D eigenvalue weighted by molar-refractivity contribution is 6.10. The summed E-state index contributed by atoms with van der Waals surface area (Å²) in [4.78, 5) is 12.2. The maximum atomic E-state index is 13.2. The third kappa shape index (κ3) is 2.05. The zero-order valence-corrected chi connectivity index (χ0v) is 10.9. The minimum atomic E-state index is -0.474. The van der Waals surface area contributed by atoms with Gasteiger partial charge in [0.15, 0.2) is 11.3 Å². The van der Waals surface area contributed by atoms with Crippen LogP contribution < -0.4 is 5.32 Å². The standard InChI is InChI=1S/C14H11FN2O3/c1-7-5-11(8(2)19-7)16-14(18)13-10-6-9(15)3-4-12(10)20-17-13/h3-6H,1-2H3,(H,16,18). The van der Waals surface area contributed by atoms with Crippen molar-refractivity contribution in [2.24, 2.45) is 0 Å². The van der Waals surface area contributed by atoms with E-state index in [0.717, 1.165) is 0 Å². The van der Waals surface area contributed by atoms with E-state index < -0.39 is 11.7 Å². The number of nitrogens with one attached hydrogen (secondary N) is 1. The molecule has 2 aromatic heterocycles. The Labute approximate surface area is 113 Å². The Morgan fingerprint density at radius 2 is 2.10 bits per heavy atom. The maximum Gasteiger partial charge on any atom is 0.278 e. The van der Waals surface area contributed by atoms with Gasteiger partial charge in [-0.15, -0.1) is 0 Å². The van der Waals surface area contributed by atoms with Crippen molar-refractivity contribution >= 4 is 22.6 Å². The van der Waals surface area contributed by atoms with E-state index in [9.17, 15) is 9.18 Å². The van der Waals surface area contributed by atoms with Crippen molar-refractivity contribution in [1.29, 1.82) is 0 Å². The van der Waals surface area contributed by atoms with Gasteiger partial charge in [-0.3, -0.25) is 4.79 Å². The molecule has 0 spiro atoms. The summed E-state index contributed by atoms with van der Waals surface area (Å²) >= 11 is 0. The first-order chi connectivity index (χ1) is 9.54. The summed E-state index contributed by atoms with van der Waals surface area (Å²) in [7, 11) is 0. The molecule has 0 saturated carbocycles. The quantitative estimate of drug-likeness (QED) is 0.777. The van der Waals surface area contributed by atoms with Gasteiger partial charge in [-0.1, -0.05) is 5.16 Å². The topological polar surface area (TPSA) is 68.3 Å². The number of carbonyl (C=O) groups is 1. The molecule has 0 bridgehead atoms. The maximum absolute atomic E-state index is 13.2. The number of fused-ring (bicyclic) bond motifs is 1. The predicted molar refractivity (Wildman–Crippen MR) is 70.1 cm³/mol. The number of carbonyl (C=O) groups excluding carboxylic acids is 1. The van der Waals surface area contributed by atoms with Gasteiger partial charge in [0.05, 0.1) is 11.1 Å². The van der Waals surface area contributed by atoms with Crippen LogP contribution in [0.4, 0.5) is 10.1 Å². The molecule has 0 aliphatic heterocycles. The smallest absolute Gasteiger partial charge is 0.278 e. The second-order valence-corrected chi connectivity index (χ2v) is 4.45. The molecule has 0 aliphatic rings. The monoisotopic (exact) mass is 274 g/mol. The molecule has 20 heavy (non-hydrogen) atoms. The lowest BCUT2D eigenvalue weighted by Crippen LogP contribution is -2.12. The van der Waals surface area contributed by atoms with E-state index in [1.54, 1.807) is 19.9 Å². The minimum absolute atomic E-state index is 0.0396. The molecular weight excluding hydrogens is 263 g/mol. The summed E-state index contributed by atoms with van der Waals surface area (Å²) in [5.41, 5.74) is 0.953. The second kappa shape index (κ2) is 4.48. The number of benzene rings is 1. The molecule has 3 rings (SSSR count). The first kappa shape index (κ1) is 12.4. The molecule has 1 aromatic carbocycles. The molecule has 1 amide bonds. The molecule has 0 aliphatic carbocycles. The third-order valence-corrected chi connectivity index (χ3v) is 2.94. The SMILES string of the molecule is Cc1cc(NC(=O)c2noc3ccc(F)cc23)c(C)o1. The molecule has 2 heterocycles. The Morgan fingerprint density at radius 1 is 1.30 bits per heavy atom. The molecule has 0 radical (unpaired) electrons. The first-order valence-electron chi connectivity index (χ1n) is 5.98. The van der Waals surface area contributed by atoms with Gasteiger partial charge in [0.1, 0.15) is 17.3 Å². The first-order valence-corrected chi connectivity index (χ1v) is 5.98. The molecule has 1 N–H and O–H groups in total. The average Bonchev–Trinajstić information content (AvgIpc) is 2.93. The number of aryl methyl sites for hydroxylation is 2. The average molecular weight is 274 g/mol. The summed E-state index contributed by atoms with van der Waals surface area (Å²) in [6.07, 6.45) is 0. The van der Waals surface area contributed by atoms with E-state index >= 15 is 0 Å². The lowest BCUT2D eigenvalue weighted by Gasteiger charge is -2.00. The van der Waals surface area contributed by atoms with Gasteiger partial charge in [0, 0.05) is 6.07 Å². The normalized spacial score (nSPS) is 10.9. The van der Waals surface area contributed by atoms with Crippen molar-refractivity contribution in [2.75, 3.05) is 5.32 Å². The van der Waals surface area contributed by atoms with Crippen LogP contribution in [-0.4, -0.2) is 11.1 Å². The van der Waals surface area contributed by atoms with Crippen LogP contribution in [0.15, 0.2) is 33.2 Å². The van der Waals surface area contributed by atoms with Crippen LogP contribution in [0.2, 0.25) is 0 Å². The van der Waals surface area contributed by atoms with Crippen molar-refractivity contribution in [1.82, 2.24) is 5.16 Å². The fourth-order valence-electron chi connectivity index (χ4n) is 2.01. The number of hydrogen-bond donors (Lipinski definition) is 1. The highest BCUT2D eigenvalue weighted by Gasteiger charge is 2.18. The molecule has 5 nitrogen and oxygen atoms in total. The number of furan rings is 1. The number of amides is 1. The van der Waals surface area contributed by atoms with Crippen LogP contribution in [0.1, 0.15) is 22.0 Å². The van der Waals surface area contributed by atoms with E-state index in [1.807, 2.05) is 0 Å². The molecule has 0 fully saturated rings. The highest BCUT2D eigenvalue weighted by Crippen LogP contribution is 2.23. The predicted octanol–water partition coefficient (Wildman–Crippen LogP) is 3.43. The summed E-state index contributed by atoms with van der Waals surface area (Å²) in [6, 6.07) is 5.60. The molecule has 0 unspecified atom stereocenters. The van der Waals surface area contributed by atoms with Crippen LogP contribution in [-0.2, 0) is 0 Å². The fraction of sp³-hybridized carbons (Fsp3) is 0.143. The Kier molecular flexibility index (Phi) is 2.78. The minimum Gasteiger partial charge on any atom is -0.464 e. The molecular formula is C14H11FN2O3. The molecule has 6 heteroatoms. The van der Waals surface area contributed by atoms with Crippen molar-refractivity contribution in [3.05, 3.63) is 47.3 Å². The summed E-state index contributed by atoms with van der Waals surface area (Å²) in [5.74, 6) is 0.354. The molecule has 0 atom stereocenters. The Balaban J connectivity index is 1.96. The number of hydrogen-bond acceptors (Lipinski definition) is 4. The Hall–Kier alpha value is -2.63. The van der Waals surface area contributed by atoms with E-state index in [0.29, 0.717) is 28.2 Å². The molecule has 0 saturated heterocycles. The number of rotatable bonds is 2. The van der Waals surface area contributed by atoms with Crippen LogP contribution in [0.5, 0.6) is 0 Å². The number of nitrogens with zero attached hydrogens (tertiary/aromatic N) is 1. The van der Waals surface area contributed by atoms with Gasteiger partial charge in [-0.25, -0.2) is 4.39 Å². The second-order valence-electron chi connectivity index (χ2n) is 4.45. The summed E-state index contributed by atoms with van der Waals surface area (Å²) in [6.45, 7) is 3.52. The van der Waals surface area contributed by atoms with Crippen molar-refractivity contribution < 1.29 is 18.1 Å². The van der Waals surface area contributed by atoms with Crippen molar-refractivity contribution in [3.8, 4) is 0 Å². The van der Waals surface area contributed by atoms with Gasteiger partial charge >= 0.3 is 0 Å². The lowest BCUT2D eigenvalue weighted by molar-refractivity contribution is 0.101. The van der Waals surface area contributed by atoms with Crippen LogP contribution in [0, 0.1) is 19.7 Å². The van der Waals surface area contributed by atoms with Gasteiger partial charge < -0.3 is 14.3 Å². The number of anilines is 1. The van der Waals surface area contributed by atoms with Crippen LogP contribution >= 0.6 is 0 Å². The lowest BCUT2D eigenvalue weighted by atomic mass is 10.2. The largest absolute Gasteiger partial charge is 0.464 e.